The number of methoxy groups -OCH3 is 2. The van der Waals surface area contributed by atoms with Gasteiger partial charge in [0.05, 0.1) is 36.4 Å². The Bertz CT molecular complexity index is 1100. The van der Waals surface area contributed by atoms with Crippen LogP contribution in [0.25, 0.3) is 11.0 Å². The first kappa shape index (κ1) is 15.9. The largest absolute Gasteiger partial charge is 0.496 e. The van der Waals surface area contributed by atoms with Crippen LogP contribution < -0.4 is 20.0 Å². The first-order valence-electron chi connectivity index (χ1n) is 7.73. The van der Waals surface area contributed by atoms with Crippen LogP contribution in [0.1, 0.15) is 20.7 Å². The van der Waals surface area contributed by atoms with E-state index < -0.39 is 17.4 Å². The highest BCUT2D eigenvalue weighted by atomic mass is 16.5. The second-order valence-corrected chi connectivity index (χ2v) is 5.64. The van der Waals surface area contributed by atoms with Crippen molar-refractivity contribution in [3.05, 3.63) is 64.0 Å². The molecule has 2 amide bonds. The molecule has 0 N–H and O–H groups in total. The summed E-state index contributed by atoms with van der Waals surface area (Å²) in [5, 5.41) is 0.336. The second-order valence-electron chi connectivity index (χ2n) is 5.64. The zero-order chi connectivity index (χ0) is 18.4. The van der Waals surface area contributed by atoms with Crippen LogP contribution in [0.4, 0.5) is 5.69 Å². The highest BCUT2D eigenvalue weighted by Crippen LogP contribution is 2.39. The van der Waals surface area contributed by atoms with E-state index in [2.05, 4.69) is 0 Å². The molecule has 130 valence electrons. The summed E-state index contributed by atoms with van der Waals surface area (Å²) in [6, 6.07) is 10.7. The van der Waals surface area contributed by atoms with Crippen LogP contribution in [0.15, 0.2) is 51.7 Å². The molecule has 26 heavy (non-hydrogen) atoms. The van der Waals surface area contributed by atoms with Gasteiger partial charge in [-0.05, 0) is 12.1 Å². The lowest BCUT2D eigenvalue weighted by Crippen LogP contribution is -2.30. The minimum atomic E-state index is -0.695. The van der Waals surface area contributed by atoms with Crippen molar-refractivity contribution < 1.29 is 23.5 Å². The third-order valence-corrected chi connectivity index (χ3v) is 4.25. The lowest BCUT2D eigenvalue weighted by atomic mass is 10.1. The fourth-order valence-electron chi connectivity index (χ4n) is 3.08. The first-order valence-corrected chi connectivity index (χ1v) is 7.73. The summed E-state index contributed by atoms with van der Waals surface area (Å²) in [5.41, 5.74) is 0.138. The second kappa shape index (κ2) is 5.73. The number of imide groups is 1. The number of fused-ring (bicyclic) bond motifs is 2. The Morgan fingerprint density at radius 1 is 0.885 bits per heavy atom. The van der Waals surface area contributed by atoms with E-state index in [1.807, 2.05) is 0 Å². The maximum atomic E-state index is 12.8. The van der Waals surface area contributed by atoms with Crippen molar-refractivity contribution >= 4 is 28.5 Å². The van der Waals surface area contributed by atoms with Gasteiger partial charge >= 0.3 is 5.63 Å². The monoisotopic (exact) mass is 351 g/mol. The van der Waals surface area contributed by atoms with Gasteiger partial charge in [-0.3, -0.25) is 9.59 Å². The third kappa shape index (κ3) is 2.17. The summed E-state index contributed by atoms with van der Waals surface area (Å²) >= 11 is 0. The molecule has 0 radical (unpaired) electrons. The van der Waals surface area contributed by atoms with Crippen LogP contribution in [0.2, 0.25) is 0 Å². The summed E-state index contributed by atoms with van der Waals surface area (Å²) in [6.07, 6.45) is 0. The van der Waals surface area contributed by atoms with E-state index in [0.717, 1.165) is 11.0 Å². The number of hydrogen-bond donors (Lipinski definition) is 0. The van der Waals surface area contributed by atoms with Gasteiger partial charge in [0.1, 0.15) is 17.1 Å². The van der Waals surface area contributed by atoms with Gasteiger partial charge in [-0.1, -0.05) is 12.1 Å². The summed E-state index contributed by atoms with van der Waals surface area (Å²) in [5.74, 6) is -0.280. The fourth-order valence-corrected chi connectivity index (χ4v) is 3.08. The average Bonchev–Trinajstić information content (AvgIpc) is 2.91. The lowest BCUT2D eigenvalue weighted by Gasteiger charge is -2.17. The topological polar surface area (TPSA) is 86.0 Å². The van der Waals surface area contributed by atoms with Gasteiger partial charge in [0, 0.05) is 18.2 Å². The molecule has 1 aliphatic rings. The Balaban J connectivity index is 2.03. The maximum absolute atomic E-state index is 12.8. The number of hydrogen-bond acceptors (Lipinski definition) is 6. The fraction of sp³-hybridized carbons (Fsp3) is 0.105. The molecule has 1 aromatic heterocycles. The molecule has 0 bridgehead atoms. The molecule has 2 aromatic carbocycles. The van der Waals surface area contributed by atoms with Crippen LogP contribution in [-0.2, 0) is 0 Å². The van der Waals surface area contributed by atoms with E-state index in [1.54, 1.807) is 30.3 Å². The predicted molar refractivity (Wildman–Crippen MR) is 93.2 cm³/mol. The van der Waals surface area contributed by atoms with Crippen molar-refractivity contribution in [2.24, 2.45) is 0 Å². The van der Waals surface area contributed by atoms with E-state index in [9.17, 15) is 14.4 Å². The van der Waals surface area contributed by atoms with Crippen molar-refractivity contribution in [3.8, 4) is 11.5 Å². The molecule has 3 aromatic rings. The van der Waals surface area contributed by atoms with Crippen molar-refractivity contribution in [2.45, 2.75) is 0 Å². The van der Waals surface area contributed by atoms with Crippen molar-refractivity contribution in [1.29, 1.82) is 0 Å². The number of carbonyl (C=O) groups excluding carboxylic acids is 2. The van der Waals surface area contributed by atoms with E-state index >= 15 is 0 Å². The highest BCUT2D eigenvalue weighted by Gasteiger charge is 2.38. The number of benzene rings is 2. The predicted octanol–water partition coefficient (Wildman–Crippen LogP) is 2.61. The van der Waals surface area contributed by atoms with E-state index in [4.69, 9.17) is 13.9 Å². The molecule has 0 saturated carbocycles. The molecule has 2 heterocycles. The zero-order valence-electron chi connectivity index (χ0n) is 13.9. The Labute approximate surface area is 147 Å². The Hall–Kier alpha value is -3.61. The summed E-state index contributed by atoms with van der Waals surface area (Å²) in [7, 11) is 2.90. The minimum Gasteiger partial charge on any atom is -0.496 e. The van der Waals surface area contributed by atoms with Gasteiger partial charge in [0.15, 0.2) is 0 Å². The van der Waals surface area contributed by atoms with Crippen LogP contribution in [-0.4, -0.2) is 26.0 Å². The van der Waals surface area contributed by atoms with Gasteiger partial charge in [0.25, 0.3) is 11.8 Å². The molecule has 0 atom stereocenters. The molecule has 0 aliphatic carbocycles. The summed E-state index contributed by atoms with van der Waals surface area (Å²) in [4.78, 5) is 38.6. The number of ether oxygens (including phenoxy) is 2. The number of amides is 2. The standard InChI is InChI=1S/C19H13NO6/c1-24-10-7-14(25-2)17-13(9-16(21)26-15(17)8-10)20-18(22)11-5-3-4-6-12(11)19(20)23/h3-9H,1-2H3. The van der Waals surface area contributed by atoms with Gasteiger partial charge in [0.2, 0.25) is 0 Å². The number of anilines is 1. The molecular weight excluding hydrogens is 338 g/mol. The molecule has 1 aliphatic heterocycles. The van der Waals surface area contributed by atoms with Gasteiger partial charge in [-0.2, -0.15) is 0 Å². The van der Waals surface area contributed by atoms with E-state index in [-0.39, 0.29) is 22.4 Å². The SMILES string of the molecule is COc1cc(OC)c2c(N3C(=O)c4ccccc4C3=O)cc(=O)oc2c1. The van der Waals surface area contributed by atoms with Crippen LogP contribution >= 0.6 is 0 Å². The molecular formula is C19H13NO6. The van der Waals surface area contributed by atoms with E-state index in [0.29, 0.717) is 16.9 Å². The zero-order valence-corrected chi connectivity index (χ0v) is 13.9. The van der Waals surface area contributed by atoms with Crippen molar-refractivity contribution in [3.63, 3.8) is 0 Å². The maximum Gasteiger partial charge on any atom is 0.338 e. The average molecular weight is 351 g/mol. The molecule has 0 spiro atoms. The minimum absolute atomic E-state index is 0.113. The molecule has 7 nitrogen and oxygen atoms in total. The van der Waals surface area contributed by atoms with Gasteiger partial charge in [-0.15, -0.1) is 0 Å². The van der Waals surface area contributed by atoms with Crippen LogP contribution in [0.3, 0.4) is 0 Å². The number of nitrogens with zero attached hydrogens (tertiary/aromatic N) is 1. The molecule has 0 unspecified atom stereocenters. The van der Waals surface area contributed by atoms with E-state index in [1.165, 1.54) is 20.3 Å². The Morgan fingerprint density at radius 3 is 2.12 bits per heavy atom. The lowest BCUT2D eigenvalue weighted by molar-refractivity contribution is 0.0926. The van der Waals surface area contributed by atoms with Gasteiger partial charge in [-0.25, -0.2) is 9.69 Å². The molecule has 4 rings (SSSR count). The third-order valence-electron chi connectivity index (χ3n) is 4.25. The molecule has 0 fully saturated rings. The summed E-state index contributed by atoms with van der Waals surface area (Å²) in [6.45, 7) is 0. The smallest absolute Gasteiger partial charge is 0.338 e. The first-order chi connectivity index (χ1) is 12.5. The van der Waals surface area contributed by atoms with Gasteiger partial charge < -0.3 is 13.9 Å². The molecule has 7 heteroatoms. The van der Waals surface area contributed by atoms with Crippen LogP contribution in [0, 0.1) is 0 Å². The Kier molecular flexibility index (Phi) is 3.50. The van der Waals surface area contributed by atoms with Crippen molar-refractivity contribution in [2.75, 3.05) is 19.1 Å². The van der Waals surface area contributed by atoms with Crippen molar-refractivity contribution in [1.82, 2.24) is 0 Å². The number of rotatable bonds is 3. The highest BCUT2D eigenvalue weighted by molar-refractivity contribution is 6.36. The number of carbonyl (C=O) groups is 2. The summed E-state index contributed by atoms with van der Waals surface area (Å²) < 4.78 is 15.8. The quantitative estimate of drug-likeness (QED) is 0.533. The van der Waals surface area contributed by atoms with Crippen LogP contribution in [0.5, 0.6) is 11.5 Å². The normalized spacial score (nSPS) is 13.2. The Morgan fingerprint density at radius 2 is 1.54 bits per heavy atom. The molecule has 0 saturated heterocycles.